The number of ether oxygens (including phenoxy) is 2. The Kier molecular flexibility index (Phi) is 6.68. The number of carbonyl (C=O) groups excluding carboxylic acids is 2. The first kappa shape index (κ1) is 24.2. The summed E-state index contributed by atoms with van der Waals surface area (Å²) in [6.45, 7) is 4.01. The second-order valence-electron chi connectivity index (χ2n) is 8.71. The Morgan fingerprint density at radius 1 is 1.05 bits per heavy atom. The van der Waals surface area contributed by atoms with Crippen LogP contribution in [0.1, 0.15) is 35.5 Å². The second-order valence-corrected chi connectivity index (χ2v) is 8.71. The van der Waals surface area contributed by atoms with Gasteiger partial charge in [0.25, 0.3) is 0 Å². The van der Waals surface area contributed by atoms with Crippen molar-refractivity contribution in [3.8, 4) is 17.3 Å². The summed E-state index contributed by atoms with van der Waals surface area (Å²) in [4.78, 5) is 27.4. The fourth-order valence-corrected chi connectivity index (χ4v) is 4.75. The predicted molar refractivity (Wildman–Crippen MR) is 138 cm³/mol. The number of benzene rings is 2. The zero-order chi connectivity index (χ0) is 25.9. The number of nitrogens with one attached hydrogen (secondary N) is 1. The quantitative estimate of drug-likeness (QED) is 0.403. The van der Waals surface area contributed by atoms with Crippen LogP contribution in [0.5, 0.6) is 5.75 Å². The van der Waals surface area contributed by atoms with Gasteiger partial charge in [0.2, 0.25) is 0 Å². The Hall–Kier alpha value is -4.53. The van der Waals surface area contributed by atoms with E-state index in [2.05, 4.69) is 9.88 Å². The molecule has 0 spiro atoms. The molecule has 0 saturated carbocycles. The Morgan fingerprint density at radius 3 is 2.51 bits per heavy atom. The van der Waals surface area contributed by atoms with Crippen molar-refractivity contribution in [1.82, 2.24) is 24.6 Å². The summed E-state index contributed by atoms with van der Waals surface area (Å²) in [5.74, 6) is 1.12. The van der Waals surface area contributed by atoms with Gasteiger partial charge in [-0.3, -0.25) is 4.79 Å². The minimum atomic E-state index is -0.483. The zero-order valence-electron chi connectivity index (χ0n) is 21.0. The third kappa shape index (κ3) is 4.55. The van der Waals surface area contributed by atoms with Crippen molar-refractivity contribution >= 4 is 12.0 Å². The summed E-state index contributed by atoms with van der Waals surface area (Å²) < 4.78 is 14.4. The second kappa shape index (κ2) is 10.2. The third-order valence-corrected chi connectivity index (χ3v) is 6.47. The average molecular weight is 500 g/mol. The molecule has 5 rings (SSSR count). The van der Waals surface area contributed by atoms with Gasteiger partial charge in [-0.15, -0.1) is 0 Å². The van der Waals surface area contributed by atoms with Crippen LogP contribution in [0, 0.1) is 6.92 Å². The summed E-state index contributed by atoms with van der Waals surface area (Å²) in [7, 11) is 1.62. The molecule has 0 saturated heterocycles. The molecule has 4 aromatic rings. The molecule has 1 aliphatic heterocycles. The number of esters is 1. The Balaban J connectivity index is 1.64. The number of aryl methyl sites for hydroxylation is 1. The molecule has 2 aromatic carbocycles. The maximum Gasteiger partial charge on any atom is 0.325 e. The number of amides is 2. The van der Waals surface area contributed by atoms with Gasteiger partial charge < -0.3 is 24.3 Å². The van der Waals surface area contributed by atoms with Crippen LogP contribution in [-0.4, -0.2) is 51.5 Å². The fourth-order valence-electron chi connectivity index (χ4n) is 4.75. The largest absolute Gasteiger partial charge is 0.497 e. The number of rotatable bonds is 6. The summed E-state index contributed by atoms with van der Waals surface area (Å²) in [6.07, 6.45) is 1.99. The van der Waals surface area contributed by atoms with Gasteiger partial charge in [0, 0.05) is 11.8 Å². The molecule has 9 nitrogen and oxygen atoms in total. The number of para-hydroxylation sites is 1. The predicted octanol–water partition coefficient (Wildman–Crippen LogP) is 4.16. The van der Waals surface area contributed by atoms with E-state index in [4.69, 9.17) is 14.6 Å². The van der Waals surface area contributed by atoms with E-state index in [9.17, 15) is 9.59 Å². The molecule has 37 heavy (non-hydrogen) atoms. The topological polar surface area (TPSA) is 90.6 Å². The number of urea groups is 1. The summed E-state index contributed by atoms with van der Waals surface area (Å²) >= 11 is 0. The van der Waals surface area contributed by atoms with E-state index >= 15 is 0 Å². The normalized spacial score (nSPS) is 14.4. The molecule has 1 aliphatic rings. The molecule has 1 N–H and O–H groups in total. The van der Waals surface area contributed by atoms with Gasteiger partial charge in [-0.05, 0) is 55.8 Å². The highest BCUT2D eigenvalue weighted by molar-refractivity contribution is 5.81. The highest BCUT2D eigenvalue weighted by Crippen LogP contribution is 2.38. The minimum absolute atomic E-state index is 0.214. The lowest BCUT2D eigenvalue weighted by molar-refractivity contribution is -0.141. The molecular weight excluding hydrogens is 470 g/mol. The number of carbonyl (C=O) groups is 2. The first-order valence-corrected chi connectivity index (χ1v) is 12.2. The number of methoxy groups -OCH3 is 1. The van der Waals surface area contributed by atoms with Crippen LogP contribution in [-0.2, 0) is 16.1 Å². The Bertz CT molecular complexity index is 1410. The van der Waals surface area contributed by atoms with E-state index in [0.29, 0.717) is 6.54 Å². The van der Waals surface area contributed by atoms with E-state index in [1.165, 1.54) is 0 Å². The highest BCUT2D eigenvalue weighted by Gasteiger charge is 2.36. The summed E-state index contributed by atoms with van der Waals surface area (Å²) in [5, 5.41) is 7.59. The van der Waals surface area contributed by atoms with Crippen LogP contribution in [0.25, 0.3) is 11.5 Å². The van der Waals surface area contributed by atoms with Crippen molar-refractivity contribution in [3.63, 3.8) is 0 Å². The van der Waals surface area contributed by atoms with Crippen LogP contribution in [0.15, 0.2) is 72.9 Å². The standard InChI is InChI=1S/C28H29N5O4/c1-4-37-25(34)17-29-28(35)32-18-23-19(2)30-33(21-9-6-5-7-10-21)27(23)31-16-8-11-24(31)26(32)20-12-14-22(36-3)15-13-20/h5-16,26H,4,17-18H2,1-3H3,(H,29,35)/t26-/m1/s1. The smallest absolute Gasteiger partial charge is 0.325 e. The van der Waals surface area contributed by atoms with Gasteiger partial charge >= 0.3 is 12.0 Å². The first-order chi connectivity index (χ1) is 18.0. The molecular formula is C28H29N5O4. The molecule has 0 unspecified atom stereocenters. The number of nitrogens with zero attached hydrogens (tertiary/aromatic N) is 4. The van der Waals surface area contributed by atoms with E-state index in [-0.39, 0.29) is 19.2 Å². The first-order valence-electron chi connectivity index (χ1n) is 12.2. The van der Waals surface area contributed by atoms with Crippen LogP contribution >= 0.6 is 0 Å². The molecule has 0 aliphatic carbocycles. The fraction of sp³-hybridized carbons (Fsp3) is 0.250. The van der Waals surface area contributed by atoms with Crippen molar-refractivity contribution in [2.75, 3.05) is 20.3 Å². The van der Waals surface area contributed by atoms with E-state index in [1.807, 2.05) is 84.5 Å². The van der Waals surface area contributed by atoms with Crippen molar-refractivity contribution < 1.29 is 19.1 Å². The van der Waals surface area contributed by atoms with Crippen molar-refractivity contribution in [1.29, 1.82) is 0 Å². The van der Waals surface area contributed by atoms with Crippen molar-refractivity contribution in [3.05, 3.63) is 95.4 Å². The van der Waals surface area contributed by atoms with Gasteiger partial charge in [-0.25, -0.2) is 9.48 Å². The van der Waals surface area contributed by atoms with Gasteiger partial charge in [-0.1, -0.05) is 30.3 Å². The zero-order valence-corrected chi connectivity index (χ0v) is 21.0. The number of hydrogen-bond donors (Lipinski definition) is 1. The lowest BCUT2D eigenvalue weighted by atomic mass is 10.0. The molecule has 1 atom stereocenters. The third-order valence-electron chi connectivity index (χ3n) is 6.47. The average Bonchev–Trinajstić information content (AvgIpc) is 3.48. The molecule has 3 heterocycles. The van der Waals surface area contributed by atoms with Crippen LogP contribution < -0.4 is 10.1 Å². The molecule has 0 fully saturated rings. The Labute approximate surface area is 215 Å². The van der Waals surface area contributed by atoms with E-state index in [1.54, 1.807) is 18.9 Å². The lowest BCUT2D eigenvalue weighted by Crippen LogP contribution is -2.44. The highest BCUT2D eigenvalue weighted by atomic mass is 16.5. The molecule has 2 amide bonds. The van der Waals surface area contributed by atoms with E-state index < -0.39 is 12.0 Å². The van der Waals surface area contributed by atoms with Gasteiger partial charge in [0.1, 0.15) is 18.1 Å². The maximum atomic E-state index is 13.6. The summed E-state index contributed by atoms with van der Waals surface area (Å²) in [5.41, 5.74) is 4.47. The summed E-state index contributed by atoms with van der Waals surface area (Å²) in [6, 6.07) is 20.8. The number of fused-ring (bicyclic) bond motifs is 3. The monoisotopic (exact) mass is 499 g/mol. The molecule has 190 valence electrons. The van der Waals surface area contributed by atoms with E-state index in [0.717, 1.165) is 39.8 Å². The number of aromatic nitrogens is 3. The molecule has 9 heteroatoms. The molecule has 0 radical (unpaired) electrons. The molecule has 0 bridgehead atoms. The Morgan fingerprint density at radius 2 is 1.81 bits per heavy atom. The minimum Gasteiger partial charge on any atom is -0.497 e. The van der Waals surface area contributed by atoms with Crippen molar-refractivity contribution in [2.24, 2.45) is 0 Å². The number of hydrogen-bond acceptors (Lipinski definition) is 5. The SMILES string of the molecule is CCOC(=O)CNC(=O)N1Cc2c(C)nn(-c3ccccc3)c2-n2cccc2[C@H]1c1ccc(OC)cc1. The van der Waals surface area contributed by atoms with Crippen LogP contribution in [0.3, 0.4) is 0 Å². The molecule has 2 aromatic heterocycles. The van der Waals surface area contributed by atoms with Crippen molar-refractivity contribution in [2.45, 2.75) is 26.4 Å². The van der Waals surface area contributed by atoms with Gasteiger partial charge in [0.15, 0.2) is 0 Å². The van der Waals surface area contributed by atoms with Gasteiger partial charge in [-0.2, -0.15) is 5.10 Å². The van der Waals surface area contributed by atoms with Gasteiger partial charge in [0.05, 0.1) is 43.4 Å². The van der Waals surface area contributed by atoms with Crippen LogP contribution in [0.4, 0.5) is 4.79 Å². The lowest BCUT2D eigenvalue weighted by Gasteiger charge is -2.31. The maximum absolute atomic E-state index is 13.6. The van der Waals surface area contributed by atoms with Crippen LogP contribution in [0.2, 0.25) is 0 Å².